The Morgan fingerprint density at radius 3 is 2.65 bits per heavy atom. The number of anilines is 1. The van der Waals surface area contributed by atoms with E-state index in [9.17, 15) is 14.4 Å². The molecule has 3 unspecified atom stereocenters. The molecule has 0 radical (unpaired) electrons. The van der Waals surface area contributed by atoms with E-state index in [0.717, 1.165) is 6.42 Å². The van der Waals surface area contributed by atoms with E-state index in [-0.39, 0.29) is 24.0 Å². The molecule has 2 amide bonds. The average molecular weight is 320 g/mol. The van der Waals surface area contributed by atoms with Crippen LogP contribution in [0.25, 0.3) is 0 Å². The summed E-state index contributed by atoms with van der Waals surface area (Å²) >= 11 is 0. The van der Waals surface area contributed by atoms with Crippen molar-refractivity contribution < 1.29 is 24.2 Å². The Morgan fingerprint density at radius 1 is 1.39 bits per heavy atom. The van der Waals surface area contributed by atoms with Gasteiger partial charge in [-0.1, -0.05) is 13.0 Å². The van der Waals surface area contributed by atoms with Gasteiger partial charge in [-0.25, -0.2) is 4.79 Å². The molecule has 0 aromatic heterocycles. The SMILES string of the molecule is COCC(NC(=O)c1cccc(NC(=O)C2CC2C)c1)C(=O)O. The Balaban J connectivity index is 2.01. The summed E-state index contributed by atoms with van der Waals surface area (Å²) in [4.78, 5) is 35.1. The number of hydrogen-bond acceptors (Lipinski definition) is 4. The molecule has 1 aromatic rings. The first kappa shape index (κ1) is 17.0. The van der Waals surface area contributed by atoms with Gasteiger partial charge in [0, 0.05) is 24.3 Å². The molecule has 3 atom stereocenters. The van der Waals surface area contributed by atoms with Crippen LogP contribution >= 0.6 is 0 Å². The lowest BCUT2D eigenvalue weighted by Gasteiger charge is -2.14. The topological polar surface area (TPSA) is 105 Å². The number of aliphatic carboxylic acids is 1. The fourth-order valence-electron chi connectivity index (χ4n) is 2.24. The molecule has 0 saturated heterocycles. The quantitative estimate of drug-likeness (QED) is 0.698. The maximum absolute atomic E-state index is 12.1. The number of carbonyl (C=O) groups is 3. The van der Waals surface area contributed by atoms with E-state index >= 15 is 0 Å². The van der Waals surface area contributed by atoms with Gasteiger partial charge < -0.3 is 20.5 Å². The van der Waals surface area contributed by atoms with Crippen LogP contribution in [0.5, 0.6) is 0 Å². The summed E-state index contributed by atoms with van der Waals surface area (Å²) in [6, 6.07) is 5.26. The van der Waals surface area contributed by atoms with E-state index in [1.165, 1.54) is 13.2 Å². The Labute approximate surface area is 134 Å². The summed E-state index contributed by atoms with van der Waals surface area (Å²) < 4.78 is 4.77. The zero-order valence-electron chi connectivity index (χ0n) is 13.0. The van der Waals surface area contributed by atoms with Crippen LogP contribution in [-0.2, 0) is 14.3 Å². The molecule has 0 heterocycles. The van der Waals surface area contributed by atoms with Crippen LogP contribution < -0.4 is 10.6 Å². The fourth-order valence-corrected chi connectivity index (χ4v) is 2.24. The third-order valence-electron chi connectivity index (χ3n) is 3.78. The summed E-state index contributed by atoms with van der Waals surface area (Å²) in [5, 5.41) is 14.2. The predicted octanol–water partition coefficient (Wildman–Crippen LogP) is 1.11. The smallest absolute Gasteiger partial charge is 0.328 e. The lowest BCUT2D eigenvalue weighted by molar-refractivity contribution is -0.140. The number of rotatable bonds is 7. The summed E-state index contributed by atoms with van der Waals surface area (Å²) in [7, 11) is 1.36. The minimum Gasteiger partial charge on any atom is -0.480 e. The minimum absolute atomic E-state index is 0.0329. The summed E-state index contributed by atoms with van der Waals surface area (Å²) in [5.74, 6) is -1.34. The first-order valence-electron chi connectivity index (χ1n) is 7.36. The zero-order chi connectivity index (χ0) is 17.0. The Morgan fingerprint density at radius 2 is 2.09 bits per heavy atom. The highest BCUT2D eigenvalue weighted by atomic mass is 16.5. The normalized spacial score (nSPS) is 20.4. The van der Waals surface area contributed by atoms with Crippen LogP contribution in [0.3, 0.4) is 0 Å². The Kier molecular flexibility index (Phi) is 5.33. The molecule has 124 valence electrons. The van der Waals surface area contributed by atoms with Crippen LogP contribution in [0.2, 0.25) is 0 Å². The van der Waals surface area contributed by atoms with Gasteiger partial charge in [0.25, 0.3) is 5.91 Å². The molecule has 7 heteroatoms. The molecule has 0 aliphatic heterocycles. The van der Waals surface area contributed by atoms with Crippen molar-refractivity contribution in [3.8, 4) is 0 Å². The molecule has 2 rings (SSSR count). The molecule has 3 N–H and O–H groups in total. The second-order valence-corrected chi connectivity index (χ2v) is 5.71. The minimum atomic E-state index is -1.17. The number of carboxylic acids is 1. The van der Waals surface area contributed by atoms with Gasteiger partial charge in [0.1, 0.15) is 0 Å². The van der Waals surface area contributed by atoms with E-state index in [1.54, 1.807) is 18.2 Å². The highest BCUT2D eigenvalue weighted by molar-refractivity contribution is 5.99. The number of carbonyl (C=O) groups excluding carboxylic acids is 2. The van der Waals surface area contributed by atoms with E-state index in [4.69, 9.17) is 9.84 Å². The number of nitrogens with one attached hydrogen (secondary N) is 2. The molecular weight excluding hydrogens is 300 g/mol. The lowest BCUT2D eigenvalue weighted by Crippen LogP contribution is -2.43. The number of benzene rings is 1. The molecule has 7 nitrogen and oxygen atoms in total. The van der Waals surface area contributed by atoms with Gasteiger partial charge in [-0.05, 0) is 30.5 Å². The summed E-state index contributed by atoms with van der Waals surface area (Å²) in [5.41, 5.74) is 0.786. The average Bonchev–Trinajstić information content (AvgIpc) is 3.24. The van der Waals surface area contributed by atoms with Crippen LogP contribution in [0.15, 0.2) is 24.3 Å². The third-order valence-corrected chi connectivity index (χ3v) is 3.78. The van der Waals surface area contributed by atoms with Gasteiger partial charge in [0.05, 0.1) is 6.61 Å². The molecule has 1 saturated carbocycles. The molecule has 1 aliphatic carbocycles. The number of amides is 2. The first-order valence-corrected chi connectivity index (χ1v) is 7.36. The van der Waals surface area contributed by atoms with Crippen LogP contribution in [0.4, 0.5) is 5.69 Å². The number of methoxy groups -OCH3 is 1. The molecule has 0 spiro atoms. The molecule has 1 fully saturated rings. The predicted molar refractivity (Wildman–Crippen MR) is 83.1 cm³/mol. The maximum atomic E-state index is 12.1. The van der Waals surface area contributed by atoms with Gasteiger partial charge in [-0.3, -0.25) is 9.59 Å². The van der Waals surface area contributed by atoms with E-state index in [1.807, 2.05) is 6.92 Å². The monoisotopic (exact) mass is 320 g/mol. The summed E-state index contributed by atoms with van der Waals surface area (Å²) in [6.07, 6.45) is 0.878. The van der Waals surface area contributed by atoms with Gasteiger partial charge in [0.15, 0.2) is 6.04 Å². The highest BCUT2D eigenvalue weighted by Crippen LogP contribution is 2.38. The van der Waals surface area contributed by atoms with Crippen LogP contribution in [0.1, 0.15) is 23.7 Å². The molecule has 1 aromatic carbocycles. The number of carboxylic acid groups (broad SMARTS) is 1. The third kappa shape index (κ3) is 4.53. The zero-order valence-corrected chi connectivity index (χ0v) is 13.0. The second-order valence-electron chi connectivity index (χ2n) is 5.71. The van der Waals surface area contributed by atoms with Crippen molar-refractivity contribution >= 4 is 23.5 Å². The van der Waals surface area contributed by atoms with Crippen molar-refractivity contribution in [3.05, 3.63) is 29.8 Å². The van der Waals surface area contributed by atoms with Gasteiger partial charge in [-0.2, -0.15) is 0 Å². The first-order chi connectivity index (χ1) is 10.9. The largest absolute Gasteiger partial charge is 0.480 e. The van der Waals surface area contributed by atoms with Crippen LogP contribution in [0, 0.1) is 11.8 Å². The van der Waals surface area contributed by atoms with Gasteiger partial charge in [-0.15, -0.1) is 0 Å². The molecule has 23 heavy (non-hydrogen) atoms. The van der Waals surface area contributed by atoms with Crippen molar-refractivity contribution in [3.63, 3.8) is 0 Å². The molecule has 0 bridgehead atoms. The lowest BCUT2D eigenvalue weighted by atomic mass is 10.1. The number of ether oxygens (including phenoxy) is 1. The van der Waals surface area contributed by atoms with E-state index in [2.05, 4.69) is 10.6 Å². The van der Waals surface area contributed by atoms with Gasteiger partial charge in [0.2, 0.25) is 5.91 Å². The Hall–Kier alpha value is -2.41. The molecule has 1 aliphatic rings. The van der Waals surface area contributed by atoms with Gasteiger partial charge >= 0.3 is 5.97 Å². The van der Waals surface area contributed by atoms with E-state index < -0.39 is 17.9 Å². The maximum Gasteiger partial charge on any atom is 0.328 e. The molecular formula is C16H20N2O5. The van der Waals surface area contributed by atoms with E-state index in [0.29, 0.717) is 11.6 Å². The van der Waals surface area contributed by atoms with Crippen LogP contribution in [-0.4, -0.2) is 42.6 Å². The van der Waals surface area contributed by atoms with Crippen molar-refractivity contribution in [1.82, 2.24) is 5.32 Å². The van der Waals surface area contributed by atoms with Crippen molar-refractivity contribution in [2.24, 2.45) is 11.8 Å². The van der Waals surface area contributed by atoms with Crippen molar-refractivity contribution in [2.45, 2.75) is 19.4 Å². The second kappa shape index (κ2) is 7.23. The van der Waals surface area contributed by atoms with Crippen molar-refractivity contribution in [1.29, 1.82) is 0 Å². The standard InChI is InChI=1S/C16H20N2O5/c1-9-6-12(9)15(20)17-11-5-3-4-10(7-11)14(19)18-13(8-23-2)16(21)22/h3-5,7,9,12-13H,6,8H2,1-2H3,(H,17,20)(H,18,19)(H,21,22). The highest BCUT2D eigenvalue weighted by Gasteiger charge is 2.39. The van der Waals surface area contributed by atoms with Crippen molar-refractivity contribution in [2.75, 3.05) is 19.0 Å². The fraction of sp³-hybridized carbons (Fsp3) is 0.438. The number of hydrogen-bond donors (Lipinski definition) is 3. The summed E-state index contributed by atoms with van der Waals surface area (Å²) in [6.45, 7) is 1.88. The Bertz CT molecular complexity index is 616.